The van der Waals surface area contributed by atoms with E-state index in [4.69, 9.17) is 33.7 Å². The van der Waals surface area contributed by atoms with Crippen molar-refractivity contribution in [3.8, 4) is 5.75 Å². The second-order valence-corrected chi connectivity index (χ2v) is 4.84. The van der Waals surface area contributed by atoms with Crippen LogP contribution in [0.1, 0.15) is 0 Å². The van der Waals surface area contributed by atoms with E-state index in [1.807, 2.05) is 0 Å². The van der Waals surface area contributed by atoms with Crippen LogP contribution in [0.4, 0.5) is 11.4 Å². The number of amides is 1. The van der Waals surface area contributed by atoms with E-state index in [2.05, 4.69) is 5.32 Å². The molecule has 0 heterocycles. The molecule has 0 aromatic heterocycles. The van der Waals surface area contributed by atoms with E-state index in [9.17, 15) is 4.79 Å². The fraction of sp³-hybridized carbons (Fsp3) is 0.0714. The Bertz CT molecular complexity index is 632. The lowest BCUT2D eigenvalue weighted by Crippen LogP contribution is -2.20. The van der Waals surface area contributed by atoms with E-state index in [1.165, 1.54) is 0 Å². The Balaban J connectivity index is 1.94. The summed E-state index contributed by atoms with van der Waals surface area (Å²) in [6.07, 6.45) is 0. The number of hydrogen-bond acceptors (Lipinski definition) is 3. The molecule has 2 rings (SSSR count). The number of carbonyl (C=O) groups is 1. The van der Waals surface area contributed by atoms with E-state index < -0.39 is 0 Å². The number of nitrogens with one attached hydrogen (secondary N) is 1. The predicted molar refractivity (Wildman–Crippen MR) is 81.4 cm³/mol. The van der Waals surface area contributed by atoms with Gasteiger partial charge in [0.2, 0.25) is 0 Å². The van der Waals surface area contributed by atoms with Crippen molar-refractivity contribution < 1.29 is 9.53 Å². The number of rotatable bonds is 4. The second kappa shape index (κ2) is 6.50. The van der Waals surface area contributed by atoms with Crippen LogP contribution in [0.25, 0.3) is 0 Å². The van der Waals surface area contributed by atoms with Crippen molar-refractivity contribution in [3.63, 3.8) is 0 Å². The Hall–Kier alpha value is -1.91. The minimum absolute atomic E-state index is 0.170. The zero-order valence-corrected chi connectivity index (χ0v) is 11.9. The SMILES string of the molecule is Nc1cc(Cl)ccc1OCC(=O)Nc1ccccc1Cl. The highest BCUT2D eigenvalue weighted by Gasteiger charge is 2.08. The fourth-order valence-corrected chi connectivity index (χ4v) is 1.91. The smallest absolute Gasteiger partial charge is 0.262 e. The third-order valence-corrected chi connectivity index (χ3v) is 3.04. The summed E-state index contributed by atoms with van der Waals surface area (Å²) in [7, 11) is 0. The zero-order valence-electron chi connectivity index (χ0n) is 10.4. The molecule has 2 aromatic carbocycles. The van der Waals surface area contributed by atoms with E-state index in [1.54, 1.807) is 42.5 Å². The van der Waals surface area contributed by atoms with Crippen LogP contribution in [0.2, 0.25) is 10.0 Å². The maximum Gasteiger partial charge on any atom is 0.262 e. The van der Waals surface area contributed by atoms with Gasteiger partial charge in [0.25, 0.3) is 5.91 Å². The summed E-state index contributed by atoms with van der Waals surface area (Å²) in [5.41, 5.74) is 6.63. The van der Waals surface area contributed by atoms with Crippen molar-refractivity contribution in [1.29, 1.82) is 0 Å². The molecule has 3 N–H and O–H groups in total. The van der Waals surface area contributed by atoms with Gasteiger partial charge in [-0.2, -0.15) is 0 Å². The molecular formula is C14H12Cl2N2O2. The number of hydrogen-bond donors (Lipinski definition) is 2. The molecule has 104 valence electrons. The molecule has 0 fully saturated rings. The highest BCUT2D eigenvalue weighted by atomic mass is 35.5. The van der Waals surface area contributed by atoms with Crippen LogP contribution in [0.5, 0.6) is 5.75 Å². The average Bonchev–Trinajstić information content (AvgIpc) is 2.40. The summed E-state index contributed by atoms with van der Waals surface area (Å²) >= 11 is 11.7. The van der Waals surface area contributed by atoms with Crippen LogP contribution in [-0.2, 0) is 4.79 Å². The third kappa shape index (κ3) is 3.79. The van der Waals surface area contributed by atoms with Gasteiger partial charge in [-0.1, -0.05) is 35.3 Å². The standard InChI is InChI=1S/C14H12Cl2N2O2/c15-9-5-6-13(11(17)7-9)20-8-14(19)18-12-4-2-1-3-10(12)16/h1-7H,8,17H2,(H,18,19). The molecule has 0 saturated carbocycles. The number of halogens is 2. The Kier molecular flexibility index (Phi) is 4.71. The average molecular weight is 311 g/mol. The van der Waals surface area contributed by atoms with Gasteiger partial charge in [-0.25, -0.2) is 0 Å². The van der Waals surface area contributed by atoms with Gasteiger partial charge in [-0.15, -0.1) is 0 Å². The van der Waals surface area contributed by atoms with Crippen molar-refractivity contribution in [1.82, 2.24) is 0 Å². The first-order chi connectivity index (χ1) is 9.56. The maximum atomic E-state index is 11.8. The number of para-hydroxylation sites is 1. The van der Waals surface area contributed by atoms with E-state index >= 15 is 0 Å². The lowest BCUT2D eigenvalue weighted by molar-refractivity contribution is -0.118. The molecule has 0 aliphatic carbocycles. The van der Waals surface area contributed by atoms with Gasteiger partial charge in [0.05, 0.1) is 16.4 Å². The summed E-state index contributed by atoms with van der Waals surface area (Å²) in [5, 5.41) is 3.62. The van der Waals surface area contributed by atoms with Gasteiger partial charge < -0.3 is 15.8 Å². The van der Waals surface area contributed by atoms with Crippen LogP contribution >= 0.6 is 23.2 Å². The lowest BCUT2D eigenvalue weighted by atomic mass is 10.3. The van der Waals surface area contributed by atoms with E-state index in [0.29, 0.717) is 27.2 Å². The molecule has 0 saturated heterocycles. The number of nitrogen functional groups attached to an aromatic ring is 1. The van der Waals surface area contributed by atoms with Crippen molar-refractivity contribution in [2.75, 3.05) is 17.7 Å². The monoisotopic (exact) mass is 310 g/mol. The highest BCUT2D eigenvalue weighted by Crippen LogP contribution is 2.25. The third-order valence-electron chi connectivity index (χ3n) is 2.48. The van der Waals surface area contributed by atoms with Crippen LogP contribution in [0.3, 0.4) is 0 Å². The van der Waals surface area contributed by atoms with Gasteiger partial charge >= 0.3 is 0 Å². The van der Waals surface area contributed by atoms with E-state index in [-0.39, 0.29) is 12.5 Å². The summed E-state index contributed by atoms with van der Waals surface area (Å²) in [6, 6.07) is 11.8. The zero-order chi connectivity index (χ0) is 14.5. The molecule has 4 nitrogen and oxygen atoms in total. The van der Waals surface area contributed by atoms with Crippen LogP contribution < -0.4 is 15.8 Å². The first-order valence-electron chi connectivity index (χ1n) is 5.78. The van der Waals surface area contributed by atoms with Crippen LogP contribution in [0.15, 0.2) is 42.5 Å². The lowest BCUT2D eigenvalue weighted by Gasteiger charge is -2.10. The summed E-state index contributed by atoms with van der Waals surface area (Å²) in [5.74, 6) is 0.0798. The Morgan fingerprint density at radius 3 is 2.65 bits per heavy atom. The number of anilines is 2. The molecule has 0 aliphatic heterocycles. The Morgan fingerprint density at radius 1 is 1.20 bits per heavy atom. The van der Waals surface area contributed by atoms with Gasteiger partial charge in [-0.05, 0) is 30.3 Å². The highest BCUT2D eigenvalue weighted by molar-refractivity contribution is 6.33. The van der Waals surface area contributed by atoms with Crippen molar-refractivity contribution in [2.24, 2.45) is 0 Å². The van der Waals surface area contributed by atoms with Gasteiger partial charge in [0, 0.05) is 5.02 Å². The van der Waals surface area contributed by atoms with Crippen molar-refractivity contribution in [2.45, 2.75) is 0 Å². The molecule has 0 bridgehead atoms. The van der Waals surface area contributed by atoms with Crippen molar-refractivity contribution >= 4 is 40.5 Å². The topological polar surface area (TPSA) is 64.3 Å². The maximum absolute atomic E-state index is 11.8. The van der Waals surface area contributed by atoms with E-state index in [0.717, 1.165) is 0 Å². The Morgan fingerprint density at radius 2 is 1.95 bits per heavy atom. The number of ether oxygens (including phenoxy) is 1. The normalized spacial score (nSPS) is 10.1. The molecule has 1 amide bonds. The molecule has 0 aliphatic rings. The number of nitrogens with two attached hydrogens (primary N) is 1. The molecule has 0 unspecified atom stereocenters. The molecule has 20 heavy (non-hydrogen) atoms. The fourth-order valence-electron chi connectivity index (χ4n) is 1.54. The molecular weight excluding hydrogens is 299 g/mol. The van der Waals surface area contributed by atoms with Gasteiger partial charge in [0.1, 0.15) is 5.75 Å². The first kappa shape index (κ1) is 14.5. The summed E-state index contributed by atoms with van der Waals surface area (Å²) < 4.78 is 5.33. The van der Waals surface area contributed by atoms with Crippen molar-refractivity contribution in [3.05, 3.63) is 52.5 Å². The molecule has 6 heteroatoms. The Labute approximate surface area is 126 Å². The molecule has 2 aromatic rings. The summed E-state index contributed by atoms with van der Waals surface area (Å²) in [6.45, 7) is -0.170. The molecule has 0 spiro atoms. The minimum Gasteiger partial charge on any atom is -0.482 e. The largest absolute Gasteiger partial charge is 0.482 e. The first-order valence-corrected chi connectivity index (χ1v) is 6.54. The second-order valence-electron chi connectivity index (χ2n) is 4.00. The van der Waals surface area contributed by atoms with Crippen LogP contribution in [-0.4, -0.2) is 12.5 Å². The van der Waals surface area contributed by atoms with Crippen LogP contribution in [0, 0.1) is 0 Å². The van der Waals surface area contributed by atoms with Gasteiger partial charge in [0.15, 0.2) is 6.61 Å². The van der Waals surface area contributed by atoms with Gasteiger partial charge in [-0.3, -0.25) is 4.79 Å². The molecule has 0 atom stereocenters. The minimum atomic E-state index is -0.326. The number of carbonyl (C=O) groups excluding carboxylic acids is 1. The molecule has 0 radical (unpaired) electrons. The quantitative estimate of drug-likeness (QED) is 0.848. The summed E-state index contributed by atoms with van der Waals surface area (Å²) in [4.78, 5) is 11.8. The predicted octanol–water partition coefficient (Wildman–Crippen LogP) is 3.59. The number of benzene rings is 2.